The number of alkyl halides is 6. The third-order valence-electron chi connectivity index (χ3n) is 3.15. The second kappa shape index (κ2) is 5.64. The molecule has 0 aliphatic carbocycles. The standard InChI is InChI=1S/C15H11F6N/c16-14(17,18)12-3-1-2-9(7-12)10-4-5-13(15(19,20)21)11(6-10)8-22/h1-7H,8,22H2. The van der Waals surface area contributed by atoms with Crippen LogP contribution in [-0.2, 0) is 18.9 Å². The first kappa shape index (κ1) is 16.4. The Morgan fingerprint density at radius 2 is 1.41 bits per heavy atom. The van der Waals surface area contributed by atoms with Crippen LogP contribution < -0.4 is 5.73 Å². The molecule has 7 heteroatoms. The maximum absolute atomic E-state index is 12.8. The summed E-state index contributed by atoms with van der Waals surface area (Å²) in [5, 5.41) is 0. The Bertz CT molecular complexity index is 672. The van der Waals surface area contributed by atoms with E-state index in [1.54, 1.807) is 0 Å². The van der Waals surface area contributed by atoms with Gasteiger partial charge in [0.05, 0.1) is 11.1 Å². The lowest BCUT2D eigenvalue weighted by Gasteiger charge is -2.14. The van der Waals surface area contributed by atoms with Crippen molar-refractivity contribution >= 4 is 0 Å². The predicted molar refractivity (Wildman–Crippen MR) is 69.8 cm³/mol. The Balaban J connectivity index is 2.51. The maximum atomic E-state index is 12.8. The summed E-state index contributed by atoms with van der Waals surface area (Å²) in [6.07, 6.45) is -9.07. The van der Waals surface area contributed by atoms with Crippen LogP contribution >= 0.6 is 0 Å². The molecule has 0 fully saturated rings. The smallest absolute Gasteiger partial charge is 0.326 e. The fourth-order valence-electron chi connectivity index (χ4n) is 2.09. The van der Waals surface area contributed by atoms with Gasteiger partial charge in [0, 0.05) is 6.54 Å². The molecule has 1 nitrogen and oxygen atoms in total. The van der Waals surface area contributed by atoms with Crippen molar-refractivity contribution in [3.05, 3.63) is 59.2 Å². The van der Waals surface area contributed by atoms with Gasteiger partial charge in [-0.05, 0) is 41.0 Å². The number of benzene rings is 2. The number of hydrogen-bond donors (Lipinski definition) is 1. The molecule has 0 aliphatic rings. The molecule has 0 saturated carbocycles. The van der Waals surface area contributed by atoms with E-state index in [1.807, 2.05) is 0 Å². The van der Waals surface area contributed by atoms with Gasteiger partial charge < -0.3 is 5.73 Å². The molecule has 2 N–H and O–H groups in total. The molecule has 0 heterocycles. The van der Waals surface area contributed by atoms with Crippen molar-refractivity contribution in [2.45, 2.75) is 18.9 Å². The van der Waals surface area contributed by atoms with Gasteiger partial charge in [0.15, 0.2) is 0 Å². The fraction of sp³-hybridized carbons (Fsp3) is 0.200. The summed E-state index contributed by atoms with van der Waals surface area (Å²) < 4.78 is 76.4. The monoisotopic (exact) mass is 319 g/mol. The van der Waals surface area contributed by atoms with Gasteiger partial charge >= 0.3 is 12.4 Å². The molecule has 118 valence electrons. The van der Waals surface area contributed by atoms with E-state index in [0.29, 0.717) is 0 Å². The van der Waals surface area contributed by atoms with Crippen LogP contribution in [0, 0.1) is 0 Å². The van der Waals surface area contributed by atoms with Gasteiger partial charge in [-0.15, -0.1) is 0 Å². The molecule has 0 radical (unpaired) electrons. The summed E-state index contributed by atoms with van der Waals surface area (Å²) in [5.74, 6) is 0. The van der Waals surface area contributed by atoms with E-state index < -0.39 is 23.5 Å². The normalized spacial score (nSPS) is 12.5. The number of hydrogen-bond acceptors (Lipinski definition) is 1. The van der Waals surface area contributed by atoms with Crippen LogP contribution in [0.2, 0.25) is 0 Å². The molecule has 2 aromatic rings. The first-order valence-corrected chi connectivity index (χ1v) is 6.21. The third-order valence-corrected chi connectivity index (χ3v) is 3.15. The van der Waals surface area contributed by atoms with E-state index in [0.717, 1.165) is 30.3 Å². The van der Waals surface area contributed by atoms with Gasteiger partial charge in [0.1, 0.15) is 0 Å². The Morgan fingerprint density at radius 1 is 0.773 bits per heavy atom. The van der Waals surface area contributed by atoms with Crippen LogP contribution in [0.5, 0.6) is 0 Å². The molecule has 2 aromatic carbocycles. The van der Waals surface area contributed by atoms with Crippen molar-refractivity contribution in [1.82, 2.24) is 0 Å². The second-order valence-electron chi connectivity index (χ2n) is 4.65. The summed E-state index contributed by atoms with van der Waals surface area (Å²) in [5.41, 5.74) is 3.83. The zero-order valence-electron chi connectivity index (χ0n) is 11.1. The molecule has 2 rings (SSSR count). The van der Waals surface area contributed by atoms with Crippen molar-refractivity contribution < 1.29 is 26.3 Å². The molecule has 0 aliphatic heterocycles. The topological polar surface area (TPSA) is 26.0 Å². The number of halogens is 6. The minimum Gasteiger partial charge on any atom is -0.326 e. The molecular formula is C15H11F6N. The summed E-state index contributed by atoms with van der Waals surface area (Å²) in [7, 11) is 0. The van der Waals surface area contributed by atoms with Gasteiger partial charge in [-0.3, -0.25) is 0 Å². The molecule has 0 aromatic heterocycles. The molecule has 0 atom stereocenters. The molecule has 0 bridgehead atoms. The van der Waals surface area contributed by atoms with E-state index in [9.17, 15) is 26.3 Å². The van der Waals surface area contributed by atoms with E-state index in [-0.39, 0.29) is 23.2 Å². The number of nitrogens with two attached hydrogens (primary N) is 1. The molecule has 0 unspecified atom stereocenters. The third kappa shape index (κ3) is 3.41. The van der Waals surface area contributed by atoms with E-state index in [4.69, 9.17) is 5.73 Å². The first-order valence-electron chi connectivity index (χ1n) is 6.21. The van der Waals surface area contributed by atoms with Gasteiger partial charge in [0.25, 0.3) is 0 Å². The molecular weight excluding hydrogens is 308 g/mol. The van der Waals surface area contributed by atoms with Crippen LogP contribution in [0.1, 0.15) is 16.7 Å². The highest BCUT2D eigenvalue weighted by molar-refractivity contribution is 5.66. The van der Waals surface area contributed by atoms with Crippen LogP contribution in [-0.4, -0.2) is 0 Å². The van der Waals surface area contributed by atoms with E-state index >= 15 is 0 Å². The Hall–Kier alpha value is -2.02. The minimum atomic E-state index is -4.55. The summed E-state index contributed by atoms with van der Waals surface area (Å²) >= 11 is 0. The average Bonchev–Trinajstić information content (AvgIpc) is 2.45. The highest BCUT2D eigenvalue weighted by Crippen LogP contribution is 2.36. The van der Waals surface area contributed by atoms with E-state index in [2.05, 4.69) is 0 Å². The minimum absolute atomic E-state index is 0.164. The quantitative estimate of drug-likeness (QED) is 0.787. The van der Waals surface area contributed by atoms with Crippen molar-refractivity contribution in [3.63, 3.8) is 0 Å². The zero-order valence-corrected chi connectivity index (χ0v) is 11.1. The lowest BCUT2D eigenvalue weighted by atomic mass is 9.97. The SMILES string of the molecule is NCc1cc(-c2cccc(C(F)(F)F)c2)ccc1C(F)(F)F. The van der Waals surface area contributed by atoms with Gasteiger partial charge in [-0.1, -0.05) is 18.2 Å². The van der Waals surface area contributed by atoms with Crippen molar-refractivity contribution in [3.8, 4) is 11.1 Å². The van der Waals surface area contributed by atoms with E-state index in [1.165, 1.54) is 12.1 Å². The lowest BCUT2D eigenvalue weighted by molar-refractivity contribution is -0.138. The fourth-order valence-corrected chi connectivity index (χ4v) is 2.09. The highest BCUT2D eigenvalue weighted by Gasteiger charge is 2.33. The zero-order chi connectivity index (χ0) is 16.5. The van der Waals surface area contributed by atoms with Crippen molar-refractivity contribution in [1.29, 1.82) is 0 Å². The highest BCUT2D eigenvalue weighted by atomic mass is 19.4. The number of rotatable bonds is 2. The first-order chi connectivity index (χ1) is 10.1. The second-order valence-corrected chi connectivity index (χ2v) is 4.65. The Kier molecular flexibility index (Phi) is 4.19. The average molecular weight is 319 g/mol. The molecule has 0 saturated heterocycles. The largest absolute Gasteiger partial charge is 0.416 e. The van der Waals surface area contributed by atoms with Crippen LogP contribution in [0.15, 0.2) is 42.5 Å². The van der Waals surface area contributed by atoms with Crippen LogP contribution in [0.3, 0.4) is 0 Å². The molecule has 22 heavy (non-hydrogen) atoms. The van der Waals surface area contributed by atoms with Crippen molar-refractivity contribution in [2.75, 3.05) is 0 Å². The Morgan fingerprint density at radius 3 is 1.95 bits per heavy atom. The summed E-state index contributed by atoms with van der Waals surface area (Å²) in [4.78, 5) is 0. The van der Waals surface area contributed by atoms with Gasteiger partial charge in [-0.2, -0.15) is 26.3 Å². The van der Waals surface area contributed by atoms with Gasteiger partial charge in [-0.25, -0.2) is 0 Å². The molecule has 0 spiro atoms. The maximum Gasteiger partial charge on any atom is 0.416 e. The lowest BCUT2D eigenvalue weighted by Crippen LogP contribution is -2.12. The predicted octanol–water partition coefficient (Wildman–Crippen LogP) is 4.85. The summed E-state index contributed by atoms with van der Waals surface area (Å²) in [6, 6.07) is 7.53. The molecule has 0 amide bonds. The summed E-state index contributed by atoms with van der Waals surface area (Å²) in [6.45, 7) is -0.359. The van der Waals surface area contributed by atoms with Gasteiger partial charge in [0.2, 0.25) is 0 Å². The Labute approximate surface area is 122 Å². The van der Waals surface area contributed by atoms with Crippen LogP contribution in [0.25, 0.3) is 11.1 Å². The van der Waals surface area contributed by atoms with Crippen molar-refractivity contribution in [2.24, 2.45) is 5.73 Å². The van der Waals surface area contributed by atoms with Crippen LogP contribution in [0.4, 0.5) is 26.3 Å².